The highest BCUT2D eigenvalue weighted by Crippen LogP contribution is 2.45. The molecule has 2 aromatic carbocycles. The van der Waals surface area contributed by atoms with E-state index < -0.39 is 0 Å². The number of ether oxygens (including phenoxy) is 2. The molecule has 0 amide bonds. The Labute approximate surface area is 175 Å². The van der Waals surface area contributed by atoms with E-state index in [1.807, 2.05) is 0 Å². The Kier molecular flexibility index (Phi) is 5.24. The maximum atomic E-state index is 6.29. The molecular weight excluding hydrogens is 360 g/mol. The summed E-state index contributed by atoms with van der Waals surface area (Å²) in [4.78, 5) is 5.14. The molecule has 1 saturated heterocycles. The molecule has 1 fully saturated rings. The lowest BCUT2D eigenvalue weighted by Gasteiger charge is -2.38. The first-order chi connectivity index (χ1) is 13.8. The van der Waals surface area contributed by atoms with Gasteiger partial charge in [0.15, 0.2) is 0 Å². The zero-order valence-electron chi connectivity index (χ0n) is 18.8. The van der Waals surface area contributed by atoms with Crippen molar-refractivity contribution in [3.63, 3.8) is 0 Å². The van der Waals surface area contributed by atoms with Crippen LogP contribution in [-0.4, -0.2) is 43.8 Å². The molecule has 0 aliphatic carbocycles. The number of hydrogen-bond donors (Lipinski definition) is 0. The van der Waals surface area contributed by atoms with Crippen LogP contribution in [-0.2, 0) is 13.0 Å². The van der Waals surface area contributed by atoms with Crippen LogP contribution in [0.15, 0.2) is 24.3 Å². The molecule has 2 aliphatic rings. The van der Waals surface area contributed by atoms with Crippen LogP contribution in [0.2, 0.25) is 0 Å². The van der Waals surface area contributed by atoms with Gasteiger partial charge in [0.25, 0.3) is 0 Å². The molecular formula is C25H34N2O2. The minimum Gasteiger partial charge on any atom is -0.497 e. The second kappa shape index (κ2) is 7.56. The second-order valence-electron chi connectivity index (χ2n) is 9.18. The summed E-state index contributed by atoms with van der Waals surface area (Å²) in [5, 5.41) is 0. The fourth-order valence-electron chi connectivity index (χ4n) is 4.85. The molecule has 0 spiro atoms. The van der Waals surface area contributed by atoms with Gasteiger partial charge in [-0.3, -0.25) is 4.90 Å². The SMILES string of the molecule is COc1ccc(CN2CCN(c3c(C)c(C)c4c(c3C)CC(C)(C)O4)CC2)cc1. The van der Waals surface area contributed by atoms with Crippen LogP contribution in [0, 0.1) is 20.8 Å². The van der Waals surface area contributed by atoms with Crippen molar-refractivity contribution in [2.24, 2.45) is 0 Å². The predicted octanol–water partition coefficient (Wildman–Crippen LogP) is 4.66. The number of rotatable bonds is 4. The van der Waals surface area contributed by atoms with Gasteiger partial charge in [-0.2, -0.15) is 0 Å². The van der Waals surface area contributed by atoms with Crippen molar-refractivity contribution in [1.82, 2.24) is 4.90 Å². The summed E-state index contributed by atoms with van der Waals surface area (Å²) < 4.78 is 11.6. The molecule has 0 bridgehead atoms. The lowest BCUT2D eigenvalue weighted by Crippen LogP contribution is -2.46. The highest BCUT2D eigenvalue weighted by Gasteiger charge is 2.35. The van der Waals surface area contributed by atoms with Gasteiger partial charge in [-0.1, -0.05) is 12.1 Å². The Balaban J connectivity index is 1.48. The number of benzene rings is 2. The van der Waals surface area contributed by atoms with E-state index in [1.165, 1.54) is 33.5 Å². The Hall–Kier alpha value is -2.20. The van der Waals surface area contributed by atoms with Crippen molar-refractivity contribution < 1.29 is 9.47 Å². The molecule has 156 valence electrons. The van der Waals surface area contributed by atoms with E-state index in [0.29, 0.717) is 0 Å². The Morgan fingerprint density at radius 1 is 0.931 bits per heavy atom. The van der Waals surface area contributed by atoms with E-state index in [0.717, 1.165) is 50.6 Å². The fraction of sp³-hybridized carbons (Fsp3) is 0.520. The first-order valence-electron chi connectivity index (χ1n) is 10.7. The Morgan fingerprint density at radius 2 is 1.59 bits per heavy atom. The summed E-state index contributed by atoms with van der Waals surface area (Å²) in [6, 6.07) is 8.45. The standard InChI is InChI=1S/C25H34N2O2/c1-17-18(2)24-22(15-25(4,5)29-24)19(3)23(17)27-13-11-26(12-14-27)16-20-7-9-21(28-6)10-8-20/h7-10H,11-16H2,1-6H3. The average Bonchev–Trinajstić information content (AvgIpc) is 3.04. The maximum Gasteiger partial charge on any atom is 0.127 e. The number of piperazine rings is 1. The molecule has 0 saturated carbocycles. The monoisotopic (exact) mass is 394 g/mol. The van der Waals surface area contributed by atoms with E-state index in [4.69, 9.17) is 9.47 Å². The first kappa shape index (κ1) is 20.1. The molecule has 0 N–H and O–H groups in total. The van der Waals surface area contributed by atoms with Gasteiger partial charge in [0.2, 0.25) is 0 Å². The molecule has 0 radical (unpaired) electrons. The summed E-state index contributed by atoms with van der Waals surface area (Å²) in [5.41, 5.74) is 8.20. The van der Waals surface area contributed by atoms with Crippen molar-refractivity contribution in [2.45, 2.75) is 53.2 Å². The fourth-order valence-corrected chi connectivity index (χ4v) is 4.85. The molecule has 0 unspecified atom stereocenters. The molecule has 2 aromatic rings. The van der Waals surface area contributed by atoms with Crippen LogP contribution < -0.4 is 14.4 Å². The minimum absolute atomic E-state index is 0.0972. The summed E-state index contributed by atoms with van der Waals surface area (Å²) in [6.45, 7) is 16.5. The summed E-state index contributed by atoms with van der Waals surface area (Å²) in [7, 11) is 1.71. The minimum atomic E-state index is -0.0972. The van der Waals surface area contributed by atoms with Gasteiger partial charge in [0.1, 0.15) is 17.1 Å². The smallest absolute Gasteiger partial charge is 0.127 e. The molecule has 4 nitrogen and oxygen atoms in total. The van der Waals surface area contributed by atoms with Crippen molar-refractivity contribution in [1.29, 1.82) is 0 Å². The Bertz CT molecular complexity index is 894. The number of anilines is 1. The zero-order chi connectivity index (χ0) is 20.8. The van der Waals surface area contributed by atoms with Crippen molar-refractivity contribution in [3.8, 4) is 11.5 Å². The van der Waals surface area contributed by atoms with Crippen LogP contribution in [0.5, 0.6) is 11.5 Å². The number of nitrogens with zero attached hydrogens (tertiary/aromatic N) is 2. The van der Waals surface area contributed by atoms with Crippen molar-refractivity contribution in [3.05, 3.63) is 52.1 Å². The third-order valence-corrected chi connectivity index (χ3v) is 6.57. The number of fused-ring (bicyclic) bond motifs is 1. The first-order valence-corrected chi connectivity index (χ1v) is 10.7. The van der Waals surface area contributed by atoms with Gasteiger partial charge >= 0.3 is 0 Å². The lowest BCUT2D eigenvalue weighted by molar-refractivity contribution is 0.137. The third-order valence-electron chi connectivity index (χ3n) is 6.57. The van der Waals surface area contributed by atoms with Crippen LogP contribution in [0.1, 0.15) is 41.7 Å². The van der Waals surface area contributed by atoms with Gasteiger partial charge in [-0.15, -0.1) is 0 Å². The van der Waals surface area contributed by atoms with Crippen molar-refractivity contribution >= 4 is 5.69 Å². The van der Waals surface area contributed by atoms with Crippen molar-refractivity contribution in [2.75, 3.05) is 38.2 Å². The van der Waals surface area contributed by atoms with Gasteiger partial charge in [-0.25, -0.2) is 0 Å². The van der Waals surface area contributed by atoms with E-state index in [2.05, 4.69) is 68.7 Å². The van der Waals surface area contributed by atoms with Crippen LogP contribution in [0.4, 0.5) is 5.69 Å². The maximum absolute atomic E-state index is 6.29. The predicted molar refractivity (Wildman–Crippen MR) is 120 cm³/mol. The molecule has 4 rings (SSSR count). The zero-order valence-corrected chi connectivity index (χ0v) is 18.8. The molecule has 2 heterocycles. The molecule has 2 aliphatic heterocycles. The van der Waals surface area contributed by atoms with E-state index in [-0.39, 0.29) is 5.60 Å². The van der Waals surface area contributed by atoms with Gasteiger partial charge in [0, 0.05) is 50.4 Å². The molecule has 0 atom stereocenters. The highest BCUT2D eigenvalue weighted by molar-refractivity contribution is 5.70. The molecule has 29 heavy (non-hydrogen) atoms. The molecule has 4 heteroatoms. The van der Waals surface area contributed by atoms with Gasteiger partial charge in [0.05, 0.1) is 7.11 Å². The lowest BCUT2D eigenvalue weighted by atomic mass is 9.92. The summed E-state index contributed by atoms with van der Waals surface area (Å²) in [5.74, 6) is 2.05. The second-order valence-corrected chi connectivity index (χ2v) is 9.18. The topological polar surface area (TPSA) is 24.9 Å². The Morgan fingerprint density at radius 3 is 2.21 bits per heavy atom. The molecule has 0 aromatic heterocycles. The van der Waals surface area contributed by atoms with Crippen LogP contribution in [0.3, 0.4) is 0 Å². The van der Waals surface area contributed by atoms with E-state index in [1.54, 1.807) is 7.11 Å². The number of hydrogen-bond acceptors (Lipinski definition) is 4. The normalized spacial score (nSPS) is 18.5. The number of methoxy groups -OCH3 is 1. The summed E-state index contributed by atoms with van der Waals surface area (Å²) >= 11 is 0. The van der Waals surface area contributed by atoms with Crippen LogP contribution in [0.25, 0.3) is 0 Å². The van der Waals surface area contributed by atoms with Gasteiger partial charge in [-0.05, 0) is 69.0 Å². The van der Waals surface area contributed by atoms with E-state index in [9.17, 15) is 0 Å². The van der Waals surface area contributed by atoms with Crippen LogP contribution >= 0.6 is 0 Å². The largest absolute Gasteiger partial charge is 0.497 e. The average molecular weight is 395 g/mol. The van der Waals surface area contributed by atoms with Gasteiger partial charge < -0.3 is 14.4 Å². The van der Waals surface area contributed by atoms with E-state index >= 15 is 0 Å². The quantitative estimate of drug-likeness (QED) is 0.753. The summed E-state index contributed by atoms with van der Waals surface area (Å²) in [6.07, 6.45) is 1.000. The highest BCUT2D eigenvalue weighted by atomic mass is 16.5. The third kappa shape index (κ3) is 3.83.